The predicted molar refractivity (Wildman–Crippen MR) is 80.5 cm³/mol. The lowest BCUT2D eigenvalue weighted by atomic mass is 9.90. The molecule has 0 radical (unpaired) electrons. The van der Waals surface area contributed by atoms with E-state index in [-0.39, 0.29) is 17.9 Å². The zero-order chi connectivity index (χ0) is 15.0. The van der Waals surface area contributed by atoms with Gasteiger partial charge < -0.3 is 10.2 Å². The molecule has 0 aromatic heterocycles. The van der Waals surface area contributed by atoms with Crippen LogP contribution in [-0.2, 0) is 15.1 Å². The van der Waals surface area contributed by atoms with Crippen molar-refractivity contribution in [3.63, 3.8) is 0 Å². The predicted octanol–water partition coefficient (Wildman–Crippen LogP) is 2.05. The number of nitrogens with zero attached hydrogens (tertiary/aromatic N) is 1. The third kappa shape index (κ3) is 2.67. The van der Waals surface area contributed by atoms with Crippen LogP contribution in [0.2, 0.25) is 0 Å². The Morgan fingerprint density at radius 1 is 1.24 bits per heavy atom. The van der Waals surface area contributed by atoms with Crippen molar-refractivity contribution in [2.45, 2.75) is 44.7 Å². The summed E-state index contributed by atoms with van der Waals surface area (Å²) in [6.07, 6.45) is 2.76. The van der Waals surface area contributed by atoms with Gasteiger partial charge in [-0.2, -0.15) is 0 Å². The van der Waals surface area contributed by atoms with E-state index in [1.54, 1.807) is 0 Å². The van der Waals surface area contributed by atoms with Crippen LogP contribution in [0.4, 0.5) is 0 Å². The van der Waals surface area contributed by atoms with Crippen molar-refractivity contribution in [2.75, 3.05) is 6.54 Å². The molecule has 112 valence electrons. The molecule has 1 aliphatic heterocycles. The lowest BCUT2D eigenvalue weighted by molar-refractivity contribution is -0.140. The summed E-state index contributed by atoms with van der Waals surface area (Å²) in [6, 6.07) is 9.50. The van der Waals surface area contributed by atoms with Gasteiger partial charge in [0.1, 0.15) is 5.54 Å². The minimum absolute atomic E-state index is 0.0129. The Bertz CT molecular complexity index is 553. The molecule has 4 nitrogen and oxygen atoms in total. The van der Waals surface area contributed by atoms with Crippen molar-refractivity contribution in [1.82, 2.24) is 10.2 Å². The Kier molecular flexibility index (Phi) is 3.47. The zero-order valence-corrected chi connectivity index (χ0v) is 12.6. The number of carbonyl (C=O) groups is 2. The minimum atomic E-state index is -0.960. The Hall–Kier alpha value is -1.84. The molecule has 3 rings (SSSR count). The molecule has 0 spiro atoms. The summed E-state index contributed by atoms with van der Waals surface area (Å²) in [4.78, 5) is 27.2. The monoisotopic (exact) mass is 286 g/mol. The highest BCUT2D eigenvalue weighted by atomic mass is 16.2. The van der Waals surface area contributed by atoms with Crippen molar-refractivity contribution in [2.24, 2.45) is 5.92 Å². The van der Waals surface area contributed by atoms with Gasteiger partial charge in [0.25, 0.3) is 5.91 Å². The molecule has 1 heterocycles. The molecular formula is C17H22N2O2. The Morgan fingerprint density at radius 2 is 1.90 bits per heavy atom. The van der Waals surface area contributed by atoms with Crippen LogP contribution in [-0.4, -0.2) is 29.3 Å². The number of rotatable bonds is 3. The molecule has 0 bridgehead atoms. The Labute approximate surface area is 125 Å². The average Bonchev–Trinajstić information content (AvgIpc) is 3.28. The minimum Gasteiger partial charge on any atom is -0.338 e. The lowest BCUT2D eigenvalue weighted by Crippen LogP contribution is -2.53. The fourth-order valence-electron chi connectivity index (χ4n) is 3.06. The summed E-state index contributed by atoms with van der Waals surface area (Å²) < 4.78 is 0. The molecule has 1 saturated carbocycles. The van der Waals surface area contributed by atoms with Gasteiger partial charge in [-0.15, -0.1) is 0 Å². The molecule has 1 N–H and O–H groups in total. The topological polar surface area (TPSA) is 49.4 Å². The van der Waals surface area contributed by atoms with E-state index in [0.29, 0.717) is 12.3 Å². The molecule has 1 saturated heterocycles. The highest BCUT2D eigenvalue weighted by Crippen LogP contribution is 2.34. The van der Waals surface area contributed by atoms with Gasteiger partial charge in [0.2, 0.25) is 5.91 Å². The van der Waals surface area contributed by atoms with Gasteiger partial charge in [-0.1, -0.05) is 30.3 Å². The third-order valence-corrected chi connectivity index (χ3v) is 4.59. The first-order valence-electron chi connectivity index (χ1n) is 7.68. The normalized spacial score (nSPS) is 30.0. The van der Waals surface area contributed by atoms with Crippen molar-refractivity contribution in [3.8, 4) is 0 Å². The third-order valence-electron chi connectivity index (χ3n) is 4.59. The number of hydrogen-bond donors (Lipinski definition) is 1. The van der Waals surface area contributed by atoms with Crippen LogP contribution in [0.5, 0.6) is 0 Å². The molecule has 2 amide bonds. The maximum Gasteiger partial charge on any atom is 0.252 e. The number of carbonyl (C=O) groups excluding carboxylic acids is 2. The fraction of sp³-hybridized carbons (Fsp3) is 0.529. The van der Waals surface area contributed by atoms with Crippen LogP contribution < -0.4 is 5.32 Å². The van der Waals surface area contributed by atoms with Crippen molar-refractivity contribution >= 4 is 11.8 Å². The van der Waals surface area contributed by atoms with E-state index in [0.717, 1.165) is 12.1 Å². The second kappa shape index (κ2) is 5.17. The summed E-state index contributed by atoms with van der Waals surface area (Å²) in [6.45, 7) is 4.56. The molecule has 2 unspecified atom stereocenters. The molecule has 2 fully saturated rings. The maximum absolute atomic E-state index is 13.1. The second-order valence-electron chi connectivity index (χ2n) is 6.49. The molecule has 4 heteroatoms. The second-order valence-corrected chi connectivity index (χ2v) is 6.49. The summed E-state index contributed by atoms with van der Waals surface area (Å²) in [5.74, 6) is 0.573. The molecule has 2 aliphatic rings. The number of amides is 2. The standard InChI is InChI=1S/C17H22N2O2/c1-12-10-15(20)18-17(2,14-6-4-3-5-7-14)16(21)19(12)11-13-8-9-13/h3-7,12-13H,8-11H2,1-2H3,(H,18,20). The fourth-order valence-corrected chi connectivity index (χ4v) is 3.06. The van der Waals surface area contributed by atoms with Crippen LogP contribution in [0, 0.1) is 5.92 Å². The zero-order valence-electron chi connectivity index (χ0n) is 12.6. The summed E-state index contributed by atoms with van der Waals surface area (Å²) >= 11 is 0. The SMILES string of the molecule is CC1CC(=O)NC(C)(c2ccccc2)C(=O)N1CC1CC1. The maximum atomic E-state index is 13.1. The van der Waals surface area contributed by atoms with Gasteiger partial charge in [-0.05, 0) is 38.2 Å². The summed E-state index contributed by atoms with van der Waals surface area (Å²) in [5.41, 5.74) is -0.115. The molecule has 1 aromatic rings. The van der Waals surface area contributed by atoms with Crippen LogP contribution in [0.15, 0.2) is 30.3 Å². The largest absolute Gasteiger partial charge is 0.338 e. The van der Waals surface area contributed by atoms with Crippen LogP contribution in [0.3, 0.4) is 0 Å². The van der Waals surface area contributed by atoms with Crippen molar-refractivity contribution in [3.05, 3.63) is 35.9 Å². The van der Waals surface area contributed by atoms with E-state index >= 15 is 0 Å². The molecule has 2 atom stereocenters. The highest BCUT2D eigenvalue weighted by molar-refractivity contribution is 5.94. The first kappa shape index (κ1) is 14.1. The van der Waals surface area contributed by atoms with E-state index in [2.05, 4.69) is 5.32 Å². The molecule has 1 aromatic carbocycles. The average molecular weight is 286 g/mol. The smallest absolute Gasteiger partial charge is 0.252 e. The quantitative estimate of drug-likeness (QED) is 0.924. The summed E-state index contributed by atoms with van der Waals surface area (Å²) in [5, 5.41) is 2.95. The van der Waals surface area contributed by atoms with E-state index in [1.807, 2.05) is 49.1 Å². The highest BCUT2D eigenvalue weighted by Gasteiger charge is 2.45. The first-order valence-corrected chi connectivity index (χ1v) is 7.68. The van der Waals surface area contributed by atoms with Gasteiger partial charge in [0.05, 0.1) is 0 Å². The van der Waals surface area contributed by atoms with Crippen LogP contribution in [0.25, 0.3) is 0 Å². The van der Waals surface area contributed by atoms with Crippen LogP contribution in [0.1, 0.15) is 38.7 Å². The van der Waals surface area contributed by atoms with Gasteiger partial charge in [0.15, 0.2) is 0 Å². The number of hydrogen-bond acceptors (Lipinski definition) is 2. The number of nitrogens with one attached hydrogen (secondary N) is 1. The van der Waals surface area contributed by atoms with Crippen LogP contribution >= 0.6 is 0 Å². The summed E-state index contributed by atoms with van der Waals surface area (Å²) in [7, 11) is 0. The van der Waals surface area contributed by atoms with Crippen molar-refractivity contribution < 1.29 is 9.59 Å². The van der Waals surface area contributed by atoms with E-state index in [4.69, 9.17) is 0 Å². The molecule has 1 aliphatic carbocycles. The van der Waals surface area contributed by atoms with Gasteiger partial charge in [-0.3, -0.25) is 9.59 Å². The Balaban J connectivity index is 1.97. The van der Waals surface area contributed by atoms with E-state index in [1.165, 1.54) is 12.8 Å². The Morgan fingerprint density at radius 3 is 2.52 bits per heavy atom. The van der Waals surface area contributed by atoms with Gasteiger partial charge in [0, 0.05) is 19.0 Å². The number of benzene rings is 1. The molecular weight excluding hydrogens is 264 g/mol. The van der Waals surface area contributed by atoms with E-state index < -0.39 is 5.54 Å². The molecule has 21 heavy (non-hydrogen) atoms. The van der Waals surface area contributed by atoms with E-state index in [9.17, 15) is 9.59 Å². The van der Waals surface area contributed by atoms with Gasteiger partial charge in [-0.25, -0.2) is 0 Å². The van der Waals surface area contributed by atoms with Crippen molar-refractivity contribution in [1.29, 1.82) is 0 Å². The lowest BCUT2D eigenvalue weighted by Gasteiger charge is -2.34. The first-order chi connectivity index (χ1) is 10.0. The van der Waals surface area contributed by atoms with Gasteiger partial charge >= 0.3 is 0 Å².